The van der Waals surface area contributed by atoms with Crippen molar-refractivity contribution < 1.29 is 5.21 Å². The van der Waals surface area contributed by atoms with Gasteiger partial charge in [0.15, 0.2) is 0 Å². The fraction of sp³-hybridized carbons (Fsp3) is 0.308. The molecule has 3 rings (SSSR count). The summed E-state index contributed by atoms with van der Waals surface area (Å²) in [7, 11) is 0. The summed E-state index contributed by atoms with van der Waals surface area (Å²) in [5.41, 5.74) is 2.63. The van der Waals surface area contributed by atoms with Crippen molar-refractivity contribution in [2.45, 2.75) is 18.8 Å². The van der Waals surface area contributed by atoms with E-state index < -0.39 is 0 Å². The SMILES string of the molecule is O/N=C/CC1CC1c1cccc2[nH]ccc12. The van der Waals surface area contributed by atoms with E-state index in [1.54, 1.807) is 6.21 Å². The number of fused-ring (bicyclic) bond motifs is 1. The molecule has 0 radical (unpaired) electrons. The molecule has 0 spiro atoms. The first-order valence-electron chi connectivity index (χ1n) is 5.62. The molecule has 3 nitrogen and oxygen atoms in total. The van der Waals surface area contributed by atoms with Gasteiger partial charge < -0.3 is 10.2 Å². The van der Waals surface area contributed by atoms with E-state index in [1.807, 2.05) is 6.20 Å². The van der Waals surface area contributed by atoms with E-state index >= 15 is 0 Å². The van der Waals surface area contributed by atoms with E-state index in [4.69, 9.17) is 5.21 Å². The molecule has 0 bridgehead atoms. The molecule has 1 aliphatic carbocycles. The van der Waals surface area contributed by atoms with Gasteiger partial charge in [0.25, 0.3) is 0 Å². The third-order valence-corrected chi connectivity index (χ3v) is 3.44. The van der Waals surface area contributed by atoms with E-state index in [0.717, 1.165) is 6.42 Å². The molecule has 2 N–H and O–H groups in total. The molecule has 0 saturated heterocycles. The molecule has 2 aromatic rings. The molecule has 2 atom stereocenters. The molecule has 1 fully saturated rings. The van der Waals surface area contributed by atoms with Crippen LogP contribution in [0, 0.1) is 5.92 Å². The zero-order chi connectivity index (χ0) is 11.0. The molecule has 2 unspecified atom stereocenters. The molecule has 82 valence electrons. The molecule has 1 aromatic carbocycles. The minimum Gasteiger partial charge on any atom is -0.411 e. The number of oxime groups is 1. The minimum atomic E-state index is 0.637. The Kier molecular flexibility index (Phi) is 2.17. The van der Waals surface area contributed by atoms with Crippen molar-refractivity contribution in [2.75, 3.05) is 0 Å². The zero-order valence-corrected chi connectivity index (χ0v) is 8.93. The van der Waals surface area contributed by atoms with Gasteiger partial charge in [0.2, 0.25) is 0 Å². The van der Waals surface area contributed by atoms with Crippen molar-refractivity contribution in [3.05, 3.63) is 36.0 Å². The zero-order valence-electron chi connectivity index (χ0n) is 8.93. The first kappa shape index (κ1) is 9.46. The summed E-state index contributed by atoms with van der Waals surface area (Å²) in [6.45, 7) is 0. The van der Waals surface area contributed by atoms with Gasteiger partial charge >= 0.3 is 0 Å². The lowest BCUT2D eigenvalue weighted by Gasteiger charge is -2.01. The van der Waals surface area contributed by atoms with Crippen LogP contribution in [0.1, 0.15) is 24.3 Å². The van der Waals surface area contributed by atoms with Crippen molar-refractivity contribution in [2.24, 2.45) is 11.1 Å². The van der Waals surface area contributed by atoms with Crippen molar-refractivity contribution >= 4 is 17.1 Å². The highest BCUT2D eigenvalue weighted by atomic mass is 16.4. The topological polar surface area (TPSA) is 48.4 Å². The van der Waals surface area contributed by atoms with Crippen LogP contribution in [-0.4, -0.2) is 16.4 Å². The summed E-state index contributed by atoms with van der Waals surface area (Å²) in [4.78, 5) is 3.23. The lowest BCUT2D eigenvalue weighted by Crippen LogP contribution is -1.86. The highest BCUT2D eigenvalue weighted by molar-refractivity contribution is 5.84. The summed E-state index contributed by atoms with van der Waals surface area (Å²) >= 11 is 0. The Balaban J connectivity index is 1.88. The second kappa shape index (κ2) is 3.67. The number of H-pyrrole nitrogens is 1. The van der Waals surface area contributed by atoms with Crippen LogP contribution >= 0.6 is 0 Å². The normalized spacial score (nSPS) is 24.2. The highest BCUT2D eigenvalue weighted by Gasteiger charge is 2.38. The predicted octanol–water partition coefficient (Wildman–Crippen LogP) is 3.12. The Hall–Kier alpha value is -1.77. The Morgan fingerprint density at radius 3 is 3.25 bits per heavy atom. The fourth-order valence-electron chi connectivity index (χ4n) is 2.50. The first-order valence-corrected chi connectivity index (χ1v) is 5.62. The van der Waals surface area contributed by atoms with Crippen LogP contribution in [0.3, 0.4) is 0 Å². The maximum absolute atomic E-state index is 8.40. The van der Waals surface area contributed by atoms with Gasteiger partial charge in [-0.25, -0.2) is 0 Å². The fourth-order valence-corrected chi connectivity index (χ4v) is 2.50. The Labute approximate surface area is 93.8 Å². The summed E-state index contributed by atoms with van der Waals surface area (Å²) in [6.07, 6.45) is 5.67. The lowest BCUT2D eigenvalue weighted by atomic mass is 10.0. The third-order valence-electron chi connectivity index (χ3n) is 3.44. The largest absolute Gasteiger partial charge is 0.411 e. The van der Waals surface area contributed by atoms with Crippen LogP contribution in [0.25, 0.3) is 10.9 Å². The molecular weight excluding hydrogens is 200 g/mol. The lowest BCUT2D eigenvalue weighted by molar-refractivity contribution is 0.320. The van der Waals surface area contributed by atoms with Crippen molar-refractivity contribution in [1.29, 1.82) is 0 Å². The maximum Gasteiger partial charge on any atom is 0.0456 e. The number of nitrogens with zero attached hydrogens (tertiary/aromatic N) is 1. The van der Waals surface area contributed by atoms with Crippen molar-refractivity contribution in [1.82, 2.24) is 4.98 Å². The maximum atomic E-state index is 8.40. The van der Waals surface area contributed by atoms with E-state index in [1.165, 1.54) is 22.9 Å². The minimum absolute atomic E-state index is 0.637. The van der Waals surface area contributed by atoms with E-state index in [9.17, 15) is 0 Å². The number of rotatable bonds is 3. The third kappa shape index (κ3) is 1.48. The summed E-state index contributed by atoms with van der Waals surface area (Å²) < 4.78 is 0. The number of benzene rings is 1. The number of aromatic amines is 1. The Morgan fingerprint density at radius 2 is 2.38 bits per heavy atom. The number of aromatic nitrogens is 1. The van der Waals surface area contributed by atoms with E-state index in [-0.39, 0.29) is 0 Å². The Bertz CT molecular complexity index is 529. The second-order valence-corrected chi connectivity index (χ2v) is 4.42. The molecule has 1 aromatic heterocycles. The smallest absolute Gasteiger partial charge is 0.0456 e. The van der Waals surface area contributed by atoms with Crippen LogP contribution < -0.4 is 0 Å². The second-order valence-electron chi connectivity index (χ2n) is 4.42. The standard InChI is InChI=1S/C13H14N2O/c16-15-7-4-9-8-12(9)10-2-1-3-13-11(10)5-6-14-13/h1-3,5-7,9,12,14,16H,4,8H2/b15-7+. The molecule has 16 heavy (non-hydrogen) atoms. The van der Waals surface area contributed by atoms with Gasteiger partial charge in [0.1, 0.15) is 0 Å². The van der Waals surface area contributed by atoms with Gasteiger partial charge in [0.05, 0.1) is 0 Å². The summed E-state index contributed by atoms with van der Waals surface area (Å²) in [5.74, 6) is 1.29. The molecule has 0 aliphatic heterocycles. The number of hydrogen-bond acceptors (Lipinski definition) is 2. The molecule has 0 amide bonds. The van der Waals surface area contributed by atoms with Crippen molar-refractivity contribution in [3.63, 3.8) is 0 Å². The van der Waals surface area contributed by atoms with Gasteiger partial charge in [-0.05, 0) is 42.4 Å². The van der Waals surface area contributed by atoms with E-state index in [0.29, 0.717) is 11.8 Å². The average Bonchev–Trinajstić information content (AvgIpc) is 2.91. The molecule has 3 heteroatoms. The number of nitrogens with one attached hydrogen (secondary N) is 1. The first-order chi connectivity index (χ1) is 7.90. The number of hydrogen-bond donors (Lipinski definition) is 2. The predicted molar refractivity (Wildman–Crippen MR) is 64.0 cm³/mol. The van der Waals surface area contributed by atoms with E-state index in [2.05, 4.69) is 34.4 Å². The average molecular weight is 214 g/mol. The van der Waals surface area contributed by atoms with Crippen LogP contribution in [0.2, 0.25) is 0 Å². The van der Waals surface area contributed by atoms with Crippen LogP contribution in [0.15, 0.2) is 35.6 Å². The van der Waals surface area contributed by atoms with Gasteiger partial charge in [-0.15, -0.1) is 5.16 Å². The quantitative estimate of drug-likeness (QED) is 0.460. The van der Waals surface area contributed by atoms with Crippen LogP contribution in [0.4, 0.5) is 0 Å². The van der Waals surface area contributed by atoms with Crippen molar-refractivity contribution in [3.8, 4) is 0 Å². The van der Waals surface area contributed by atoms with Gasteiger partial charge in [-0.1, -0.05) is 12.1 Å². The summed E-state index contributed by atoms with van der Waals surface area (Å²) in [5, 5.41) is 12.8. The molecular formula is C13H14N2O. The van der Waals surface area contributed by atoms with Gasteiger partial charge in [0, 0.05) is 23.3 Å². The summed E-state index contributed by atoms with van der Waals surface area (Å²) in [6, 6.07) is 8.55. The highest BCUT2D eigenvalue weighted by Crippen LogP contribution is 2.50. The molecule has 1 saturated carbocycles. The van der Waals surface area contributed by atoms with Crippen LogP contribution in [0.5, 0.6) is 0 Å². The monoisotopic (exact) mass is 214 g/mol. The molecule has 1 aliphatic rings. The Morgan fingerprint density at radius 1 is 1.44 bits per heavy atom. The van der Waals surface area contributed by atoms with Gasteiger partial charge in [-0.2, -0.15) is 0 Å². The molecule has 1 heterocycles. The van der Waals surface area contributed by atoms with Crippen LogP contribution in [-0.2, 0) is 0 Å². The van der Waals surface area contributed by atoms with Gasteiger partial charge in [-0.3, -0.25) is 0 Å².